The monoisotopic (exact) mass is 344 g/mol. The SMILES string of the molecule is C=C1CCC2C(C)(C)CCCC2(C)C1Cc1occc1COC(C)=O. The molecule has 0 bridgehead atoms. The van der Waals surface area contributed by atoms with Crippen LogP contribution in [0.25, 0.3) is 0 Å². The van der Waals surface area contributed by atoms with E-state index in [1.165, 1.54) is 38.2 Å². The zero-order valence-electron chi connectivity index (χ0n) is 16.2. The molecule has 1 heterocycles. The molecule has 2 aliphatic carbocycles. The number of fused-ring (bicyclic) bond motifs is 1. The lowest BCUT2D eigenvalue weighted by Crippen LogP contribution is -2.50. The molecule has 3 unspecified atom stereocenters. The molecule has 138 valence electrons. The van der Waals surface area contributed by atoms with Crippen molar-refractivity contribution in [1.29, 1.82) is 0 Å². The van der Waals surface area contributed by atoms with Crippen molar-refractivity contribution in [2.45, 2.75) is 72.8 Å². The number of hydrogen-bond donors (Lipinski definition) is 0. The van der Waals surface area contributed by atoms with Crippen LogP contribution in [-0.4, -0.2) is 5.97 Å². The van der Waals surface area contributed by atoms with Crippen LogP contribution in [0.5, 0.6) is 0 Å². The summed E-state index contributed by atoms with van der Waals surface area (Å²) in [6, 6.07) is 1.93. The van der Waals surface area contributed by atoms with Crippen molar-refractivity contribution in [3.05, 3.63) is 35.8 Å². The van der Waals surface area contributed by atoms with Crippen LogP contribution in [0.15, 0.2) is 28.9 Å². The summed E-state index contributed by atoms with van der Waals surface area (Å²) in [6.07, 6.45) is 8.85. The zero-order chi connectivity index (χ0) is 18.2. The topological polar surface area (TPSA) is 39.4 Å². The Labute approximate surface area is 151 Å². The number of esters is 1. The highest BCUT2D eigenvalue weighted by Crippen LogP contribution is 2.61. The van der Waals surface area contributed by atoms with E-state index in [0.717, 1.165) is 30.1 Å². The minimum absolute atomic E-state index is 0.254. The summed E-state index contributed by atoms with van der Waals surface area (Å²) in [5.41, 5.74) is 3.04. The Morgan fingerprint density at radius 3 is 2.84 bits per heavy atom. The largest absolute Gasteiger partial charge is 0.469 e. The minimum Gasteiger partial charge on any atom is -0.469 e. The van der Waals surface area contributed by atoms with E-state index in [0.29, 0.717) is 17.9 Å². The van der Waals surface area contributed by atoms with Crippen LogP contribution < -0.4 is 0 Å². The molecule has 1 aromatic heterocycles. The van der Waals surface area contributed by atoms with Gasteiger partial charge in [0.15, 0.2) is 0 Å². The van der Waals surface area contributed by atoms with E-state index in [2.05, 4.69) is 27.4 Å². The Morgan fingerprint density at radius 2 is 2.12 bits per heavy atom. The van der Waals surface area contributed by atoms with E-state index < -0.39 is 0 Å². The molecule has 0 aliphatic heterocycles. The standard InChI is InChI=1S/C22H32O3/c1-15-7-8-20-21(3,4)10-6-11-22(20,5)18(15)13-19-17(9-12-24-19)14-25-16(2)23/h9,12,18,20H,1,6-8,10-11,13-14H2,2-5H3. The van der Waals surface area contributed by atoms with Gasteiger partial charge in [-0.15, -0.1) is 0 Å². The third-order valence-corrected chi connectivity index (χ3v) is 6.98. The molecule has 0 N–H and O–H groups in total. The van der Waals surface area contributed by atoms with Gasteiger partial charge in [0.1, 0.15) is 12.4 Å². The first kappa shape index (κ1) is 18.3. The predicted octanol–water partition coefficient (Wildman–Crippen LogP) is 5.68. The Balaban J connectivity index is 1.84. The summed E-state index contributed by atoms with van der Waals surface area (Å²) in [5.74, 6) is 1.87. The van der Waals surface area contributed by atoms with Crippen LogP contribution in [0.1, 0.15) is 71.1 Å². The molecule has 1 aromatic rings. The molecule has 3 rings (SSSR count). The van der Waals surface area contributed by atoms with Crippen LogP contribution in [0.3, 0.4) is 0 Å². The van der Waals surface area contributed by atoms with Gasteiger partial charge in [-0.25, -0.2) is 0 Å². The van der Waals surface area contributed by atoms with Gasteiger partial charge in [0.05, 0.1) is 6.26 Å². The van der Waals surface area contributed by atoms with Gasteiger partial charge in [0.25, 0.3) is 0 Å². The van der Waals surface area contributed by atoms with Gasteiger partial charge in [-0.3, -0.25) is 4.79 Å². The summed E-state index contributed by atoms with van der Waals surface area (Å²) in [7, 11) is 0. The molecule has 0 saturated heterocycles. The van der Waals surface area contributed by atoms with Gasteiger partial charge < -0.3 is 9.15 Å². The fraction of sp³-hybridized carbons (Fsp3) is 0.682. The second kappa shape index (κ2) is 6.66. The first-order valence-corrected chi connectivity index (χ1v) is 9.60. The number of allylic oxidation sites excluding steroid dienone is 1. The summed E-state index contributed by atoms with van der Waals surface area (Å²) >= 11 is 0. The Bertz CT molecular complexity index is 654. The molecule has 2 fully saturated rings. The van der Waals surface area contributed by atoms with Crippen molar-refractivity contribution >= 4 is 5.97 Å². The Morgan fingerprint density at radius 1 is 1.36 bits per heavy atom. The van der Waals surface area contributed by atoms with Crippen molar-refractivity contribution in [3.8, 4) is 0 Å². The van der Waals surface area contributed by atoms with E-state index in [4.69, 9.17) is 9.15 Å². The molecule has 25 heavy (non-hydrogen) atoms. The van der Waals surface area contributed by atoms with Crippen molar-refractivity contribution in [1.82, 2.24) is 0 Å². The number of ether oxygens (including phenoxy) is 1. The second-order valence-corrected chi connectivity index (χ2v) is 9.00. The lowest BCUT2D eigenvalue weighted by Gasteiger charge is -2.58. The lowest BCUT2D eigenvalue weighted by atomic mass is 9.47. The van der Waals surface area contributed by atoms with Gasteiger partial charge in [0, 0.05) is 18.9 Å². The normalized spacial score (nSPS) is 31.4. The third kappa shape index (κ3) is 3.43. The van der Waals surface area contributed by atoms with Gasteiger partial charge in [-0.05, 0) is 54.4 Å². The molecule has 0 aromatic carbocycles. The van der Waals surface area contributed by atoms with Crippen LogP contribution >= 0.6 is 0 Å². The van der Waals surface area contributed by atoms with E-state index in [-0.39, 0.29) is 11.4 Å². The van der Waals surface area contributed by atoms with Gasteiger partial charge in [-0.2, -0.15) is 0 Å². The van der Waals surface area contributed by atoms with E-state index in [1.54, 1.807) is 6.26 Å². The molecular weight excluding hydrogens is 312 g/mol. The summed E-state index contributed by atoms with van der Waals surface area (Å²) in [6.45, 7) is 13.5. The summed E-state index contributed by atoms with van der Waals surface area (Å²) in [5, 5.41) is 0. The van der Waals surface area contributed by atoms with E-state index in [1.807, 2.05) is 6.07 Å². The van der Waals surface area contributed by atoms with Gasteiger partial charge >= 0.3 is 5.97 Å². The molecule has 2 aliphatic rings. The average molecular weight is 344 g/mol. The van der Waals surface area contributed by atoms with Crippen molar-refractivity contribution in [3.63, 3.8) is 0 Å². The molecule has 2 saturated carbocycles. The lowest BCUT2D eigenvalue weighted by molar-refractivity contribution is -0.142. The molecule has 0 radical (unpaired) electrons. The van der Waals surface area contributed by atoms with Crippen LogP contribution in [0.2, 0.25) is 0 Å². The maximum atomic E-state index is 11.1. The molecule has 0 spiro atoms. The number of carbonyl (C=O) groups is 1. The number of rotatable bonds is 4. The van der Waals surface area contributed by atoms with Crippen molar-refractivity contribution in [2.75, 3.05) is 0 Å². The number of hydrogen-bond acceptors (Lipinski definition) is 3. The molecule has 0 amide bonds. The zero-order valence-corrected chi connectivity index (χ0v) is 16.2. The third-order valence-electron chi connectivity index (χ3n) is 6.98. The molecule has 3 nitrogen and oxygen atoms in total. The quantitative estimate of drug-likeness (QED) is 0.521. The van der Waals surface area contributed by atoms with Gasteiger partial charge in [0.2, 0.25) is 0 Å². The highest BCUT2D eigenvalue weighted by Gasteiger charge is 2.52. The molecular formula is C22H32O3. The van der Waals surface area contributed by atoms with E-state index >= 15 is 0 Å². The molecule has 3 atom stereocenters. The summed E-state index contributed by atoms with van der Waals surface area (Å²) in [4.78, 5) is 11.1. The molecule has 3 heteroatoms. The summed E-state index contributed by atoms with van der Waals surface area (Å²) < 4.78 is 11.0. The Kier molecular flexibility index (Phi) is 4.87. The fourth-order valence-electron chi connectivity index (χ4n) is 5.69. The first-order valence-electron chi connectivity index (χ1n) is 9.60. The smallest absolute Gasteiger partial charge is 0.302 e. The first-order chi connectivity index (χ1) is 11.7. The van der Waals surface area contributed by atoms with E-state index in [9.17, 15) is 4.79 Å². The highest BCUT2D eigenvalue weighted by atomic mass is 16.5. The minimum atomic E-state index is -0.254. The number of furan rings is 1. The Hall–Kier alpha value is -1.51. The predicted molar refractivity (Wildman–Crippen MR) is 99.0 cm³/mol. The highest BCUT2D eigenvalue weighted by molar-refractivity contribution is 5.65. The second-order valence-electron chi connectivity index (χ2n) is 9.00. The van der Waals surface area contributed by atoms with Crippen LogP contribution in [0.4, 0.5) is 0 Å². The van der Waals surface area contributed by atoms with Gasteiger partial charge in [-0.1, -0.05) is 39.3 Å². The van der Waals surface area contributed by atoms with Crippen molar-refractivity contribution < 1.29 is 13.9 Å². The fourth-order valence-corrected chi connectivity index (χ4v) is 5.69. The van der Waals surface area contributed by atoms with Crippen LogP contribution in [-0.2, 0) is 22.6 Å². The van der Waals surface area contributed by atoms with Crippen molar-refractivity contribution in [2.24, 2.45) is 22.7 Å². The maximum absolute atomic E-state index is 11.1. The average Bonchev–Trinajstić information content (AvgIpc) is 2.95. The van der Waals surface area contributed by atoms with Crippen LogP contribution in [0, 0.1) is 22.7 Å². The maximum Gasteiger partial charge on any atom is 0.302 e. The number of carbonyl (C=O) groups excluding carboxylic acids is 1.